The van der Waals surface area contributed by atoms with Crippen molar-refractivity contribution in [2.75, 3.05) is 35.2 Å². The lowest BCUT2D eigenvalue weighted by Gasteiger charge is -2.18. The van der Waals surface area contributed by atoms with E-state index < -0.39 is 0 Å². The Morgan fingerprint density at radius 3 is 2.19 bits per heavy atom. The third kappa shape index (κ3) is 4.27. The molecule has 0 atom stereocenters. The zero-order valence-electron chi connectivity index (χ0n) is 18.1. The molecule has 164 valence electrons. The fraction of sp³-hybridized carbons (Fsp3) is 0.240. The van der Waals surface area contributed by atoms with Gasteiger partial charge >= 0.3 is 0 Å². The molecule has 2 heterocycles. The van der Waals surface area contributed by atoms with E-state index in [0.717, 1.165) is 24.5 Å². The van der Waals surface area contributed by atoms with Crippen LogP contribution in [-0.4, -0.2) is 42.3 Å². The summed E-state index contributed by atoms with van der Waals surface area (Å²) in [7, 11) is 0. The van der Waals surface area contributed by atoms with Gasteiger partial charge in [-0.2, -0.15) is 0 Å². The molecule has 3 amide bonds. The van der Waals surface area contributed by atoms with E-state index in [1.54, 1.807) is 24.3 Å². The molecule has 1 saturated heterocycles. The zero-order chi connectivity index (χ0) is 22.7. The summed E-state index contributed by atoms with van der Waals surface area (Å²) in [5, 5.41) is 5.87. The summed E-state index contributed by atoms with van der Waals surface area (Å²) in [6.45, 7) is 7.33. The standard InChI is InChI=1S/C25H26N4O3/c1-3-14-29-24(31)22(18-6-8-19(9-7-18)26-17(2)30)23(25(29)32)27-20-10-12-21(13-11-20)28-15-4-5-16-28/h3,6-13,27H,1,4-5,14-16H2,2H3,(H,26,30). The van der Waals surface area contributed by atoms with Gasteiger partial charge in [-0.1, -0.05) is 18.2 Å². The van der Waals surface area contributed by atoms with Crippen molar-refractivity contribution in [3.8, 4) is 0 Å². The monoisotopic (exact) mass is 430 g/mol. The topological polar surface area (TPSA) is 81.8 Å². The first-order chi connectivity index (χ1) is 15.5. The van der Waals surface area contributed by atoms with Crippen LogP contribution in [0.4, 0.5) is 17.1 Å². The number of rotatable bonds is 7. The van der Waals surface area contributed by atoms with Gasteiger partial charge in [0.05, 0.1) is 5.57 Å². The summed E-state index contributed by atoms with van der Waals surface area (Å²) in [4.78, 5) is 40.9. The highest BCUT2D eigenvalue weighted by atomic mass is 16.2. The Morgan fingerprint density at radius 2 is 1.59 bits per heavy atom. The number of hydrogen-bond donors (Lipinski definition) is 2. The third-order valence-corrected chi connectivity index (χ3v) is 5.58. The number of benzene rings is 2. The van der Waals surface area contributed by atoms with Gasteiger partial charge in [0.2, 0.25) is 5.91 Å². The molecule has 0 spiro atoms. The van der Waals surface area contributed by atoms with Crippen molar-refractivity contribution in [3.63, 3.8) is 0 Å². The van der Waals surface area contributed by atoms with Crippen LogP contribution in [-0.2, 0) is 14.4 Å². The molecule has 2 aromatic carbocycles. The molecular formula is C25H26N4O3. The van der Waals surface area contributed by atoms with E-state index in [9.17, 15) is 14.4 Å². The molecule has 1 fully saturated rings. The zero-order valence-corrected chi connectivity index (χ0v) is 18.1. The maximum atomic E-state index is 13.1. The Morgan fingerprint density at radius 1 is 0.969 bits per heavy atom. The molecule has 7 nitrogen and oxygen atoms in total. The predicted molar refractivity (Wildman–Crippen MR) is 126 cm³/mol. The van der Waals surface area contributed by atoms with Gasteiger partial charge in [0.1, 0.15) is 5.70 Å². The minimum absolute atomic E-state index is 0.129. The maximum Gasteiger partial charge on any atom is 0.278 e. The molecular weight excluding hydrogens is 404 g/mol. The van der Waals surface area contributed by atoms with Crippen molar-refractivity contribution >= 4 is 40.4 Å². The Bertz CT molecular complexity index is 1080. The molecule has 4 rings (SSSR count). The van der Waals surface area contributed by atoms with Crippen molar-refractivity contribution in [2.24, 2.45) is 0 Å². The van der Waals surface area contributed by atoms with E-state index >= 15 is 0 Å². The lowest BCUT2D eigenvalue weighted by molar-refractivity contribution is -0.136. The molecule has 0 saturated carbocycles. The first-order valence-electron chi connectivity index (χ1n) is 10.7. The molecule has 7 heteroatoms. The van der Waals surface area contributed by atoms with Gasteiger partial charge in [0, 0.05) is 43.6 Å². The Kier molecular flexibility index (Phi) is 6.07. The van der Waals surface area contributed by atoms with Crippen molar-refractivity contribution < 1.29 is 14.4 Å². The summed E-state index contributed by atoms with van der Waals surface area (Å²) < 4.78 is 0. The molecule has 2 aliphatic heterocycles. The van der Waals surface area contributed by atoms with Gasteiger partial charge in [-0.05, 0) is 54.8 Å². The minimum Gasteiger partial charge on any atom is -0.372 e. The molecule has 2 aromatic rings. The lowest BCUT2D eigenvalue weighted by atomic mass is 10.0. The lowest BCUT2D eigenvalue weighted by Crippen LogP contribution is -2.32. The van der Waals surface area contributed by atoms with Gasteiger partial charge < -0.3 is 15.5 Å². The SMILES string of the molecule is C=CCN1C(=O)C(Nc2ccc(N3CCCC3)cc2)=C(c2ccc(NC(C)=O)cc2)C1=O. The van der Waals surface area contributed by atoms with Crippen molar-refractivity contribution in [2.45, 2.75) is 19.8 Å². The van der Waals surface area contributed by atoms with E-state index in [2.05, 4.69) is 22.1 Å². The van der Waals surface area contributed by atoms with Gasteiger partial charge in [0.25, 0.3) is 11.8 Å². The summed E-state index contributed by atoms with van der Waals surface area (Å²) in [6, 6.07) is 14.8. The Balaban J connectivity index is 1.65. The summed E-state index contributed by atoms with van der Waals surface area (Å²) in [5.74, 6) is -0.946. The van der Waals surface area contributed by atoms with Crippen LogP contribution in [0.3, 0.4) is 0 Å². The molecule has 0 aromatic heterocycles. The molecule has 0 radical (unpaired) electrons. The largest absolute Gasteiger partial charge is 0.372 e. The van der Waals surface area contributed by atoms with Gasteiger partial charge in [-0.25, -0.2) is 0 Å². The predicted octanol–water partition coefficient (Wildman–Crippen LogP) is 3.62. The van der Waals surface area contributed by atoms with E-state index in [0.29, 0.717) is 16.8 Å². The van der Waals surface area contributed by atoms with Crippen LogP contribution in [0.25, 0.3) is 5.57 Å². The van der Waals surface area contributed by atoms with E-state index in [1.807, 2.05) is 24.3 Å². The first kappa shape index (κ1) is 21.4. The number of hydrogen-bond acceptors (Lipinski definition) is 5. The fourth-order valence-electron chi connectivity index (χ4n) is 4.05. The van der Waals surface area contributed by atoms with Gasteiger partial charge in [-0.15, -0.1) is 6.58 Å². The van der Waals surface area contributed by atoms with E-state index in [4.69, 9.17) is 0 Å². The average molecular weight is 431 g/mol. The van der Waals surface area contributed by atoms with Crippen LogP contribution in [0.2, 0.25) is 0 Å². The molecule has 2 aliphatic rings. The second-order valence-corrected chi connectivity index (χ2v) is 7.88. The molecule has 0 unspecified atom stereocenters. The molecule has 0 bridgehead atoms. The maximum absolute atomic E-state index is 13.1. The van der Waals surface area contributed by atoms with Crippen LogP contribution >= 0.6 is 0 Å². The third-order valence-electron chi connectivity index (χ3n) is 5.58. The van der Waals surface area contributed by atoms with Crippen molar-refractivity contribution in [1.29, 1.82) is 0 Å². The molecule has 32 heavy (non-hydrogen) atoms. The minimum atomic E-state index is -0.389. The number of nitrogens with zero attached hydrogens (tertiary/aromatic N) is 2. The fourth-order valence-corrected chi connectivity index (χ4v) is 4.05. The van der Waals surface area contributed by atoms with Crippen molar-refractivity contribution in [1.82, 2.24) is 4.90 Å². The number of imide groups is 1. The number of anilines is 3. The van der Waals surface area contributed by atoms with Crippen LogP contribution in [0.5, 0.6) is 0 Å². The van der Waals surface area contributed by atoms with E-state index in [-0.39, 0.29) is 30.0 Å². The first-order valence-corrected chi connectivity index (χ1v) is 10.7. The number of nitrogens with one attached hydrogen (secondary N) is 2. The van der Waals surface area contributed by atoms with Crippen molar-refractivity contribution in [3.05, 3.63) is 72.4 Å². The van der Waals surface area contributed by atoms with Gasteiger partial charge in [-0.3, -0.25) is 19.3 Å². The van der Waals surface area contributed by atoms with Crippen LogP contribution in [0, 0.1) is 0 Å². The van der Waals surface area contributed by atoms with Crippen LogP contribution < -0.4 is 15.5 Å². The van der Waals surface area contributed by atoms with Crippen LogP contribution in [0.15, 0.2) is 66.9 Å². The highest BCUT2D eigenvalue weighted by Gasteiger charge is 2.38. The van der Waals surface area contributed by atoms with E-state index in [1.165, 1.54) is 30.7 Å². The second-order valence-electron chi connectivity index (χ2n) is 7.88. The number of carbonyl (C=O) groups excluding carboxylic acids is 3. The highest BCUT2D eigenvalue weighted by molar-refractivity contribution is 6.36. The molecule has 2 N–H and O–H groups in total. The quantitative estimate of drug-likeness (QED) is 0.518. The van der Waals surface area contributed by atoms with Crippen LogP contribution in [0.1, 0.15) is 25.3 Å². The summed E-state index contributed by atoms with van der Waals surface area (Å²) in [5.41, 5.74) is 3.64. The smallest absolute Gasteiger partial charge is 0.278 e. The summed E-state index contributed by atoms with van der Waals surface area (Å²) >= 11 is 0. The molecule has 0 aliphatic carbocycles. The highest BCUT2D eigenvalue weighted by Crippen LogP contribution is 2.32. The number of carbonyl (C=O) groups is 3. The number of amides is 3. The Hall–Kier alpha value is -3.87. The second kappa shape index (κ2) is 9.09. The summed E-state index contributed by atoms with van der Waals surface area (Å²) in [6.07, 6.45) is 3.93. The normalized spacial score (nSPS) is 16.0. The average Bonchev–Trinajstić information content (AvgIpc) is 3.39. The van der Waals surface area contributed by atoms with Gasteiger partial charge in [0.15, 0.2) is 0 Å². The Labute approximate surface area is 187 Å².